The molecule has 0 N–H and O–H groups in total. The van der Waals surface area contributed by atoms with Gasteiger partial charge in [0.05, 0.1) is 0 Å². The Morgan fingerprint density at radius 2 is 1.77 bits per heavy atom. The average molecular weight is 238 g/mol. The summed E-state index contributed by atoms with van der Waals surface area (Å²) in [5, 5.41) is 0. The molecule has 0 unspecified atom stereocenters. The molecule has 0 aliphatic carbocycles. The Morgan fingerprint density at radius 1 is 1.15 bits per heavy atom. The maximum absolute atomic E-state index is 5.77. The van der Waals surface area contributed by atoms with E-state index in [1.165, 1.54) is 5.56 Å². The standard InChI is InChI=1S/C10H11Cl3/c1-7(2)8-4-3-5-9(6-8)10(11,12)13/h3-7H,1-2H3. The van der Waals surface area contributed by atoms with E-state index in [0.717, 1.165) is 5.56 Å². The zero-order chi connectivity index (χ0) is 10.1. The summed E-state index contributed by atoms with van der Waals surface area (Å²) in [6.07, 6.45) is 0. The van der Waals surface area contributed by atoms with Gasteiger partial charge in [-0.15, -0.1) is 0 Å². The Bertz CT molecular complexity index is 286. The van der Waals surface area contributed by atoms with Crippen LogP contribution in [0.15, 0.2) is 24.3 Å². The van der Waals surface area contributed by atoms with E-state index in [4.69, 9.17) is 34.8 Å². The van der Waals surface area contributed by atoms with Crippen molar-refractivity contribution in [3.63, 3.8) is 0 Å². The number of hydrogen-bond donors (Lipinski definition) is 0. The third-order valence-electron chi connectivity index (χ3n) is 1.88. The first-order valence-corrected chi connectivity index (χ1v) is 5.22. The van der Waals surface area contributed by atoms with Gasteiger partial charge in [0.2, 0.25) is 3.79 Å². The van der Waals surface area contributed by atoms with Gasteiger partial charge in [0, 0.05) is 5.56 Å². The van der Waals surface area contributed by atoms with Gasteiger partial charge in [-0.3, -0.25) is 0 Å². The van der Waals surface area contributed by atoms with E-state index in [0.29, 0.717) is 5.92 Å². The fourth-order valence-corrected chi connectivity index (χ4v) is 1.43. The van der Waals surface area contributed by atoms with Gasteiger partial charge in [-0.2, -0.15) is 0 Å². The second-order valence-electron chi connectivity index (χ2n) is 3.28. The van der Waals surface area contributed by atoms with Gasteiger partial charge in [-0.25, -0.2) is 0 Å². The minimum atomic E-state index is -1.31. The number of benzene rings is 1. The molecule has 0 nitrogen and oxygen atoms in total. The Labute approximate surface area is 93.8 Å². The first-order valence-electron chi connectivity index (χ1n) is 4.08. The van der Waals surface area contributed by atoms with Crippen LogP contribution in [-0.4, -0.2) is 0 Å². The van der Waals surface area contributed by atoms with Crippen molar-refractivity contribution in [1.29, 1.82) is 0 Å². The van der Waals surface area contributed by atoms with Gasteiger partial charge in [0.15, 0.2) is 0 Å². The summed E-state index contributed by atoms with van der Waals surface area (Å²) < 4.78 is -1.31. The van der Waals surface area contributed by atoms with Crippen LogP contribution in [0.5, 0.6) is 0 Å². The molecular weight excluding hydrogens is 226 g/mol. The third kappa shape index (κ3) is 3.05. The van der Waals surface area contributed by atoms with Crippen molar-refractivity contribution < 1.29 is 0 Å². The van der Waals surface area contributed by atoms with E-state index < -0.39 is 3.79 Å². The molecule has 0 saturated heterocycles. The largest absolute Gasteiger partial charge is 0.216 e. The van der Waals surface area contributed by atoms with Gasteiger partial charge in [-0.1, -0.05) is 72.9 Å². The van der Waals surface area contributed by atoms with E-state index in [1.807, 2.05) is 24.3 Å². The second-order valence-corrected chi connectivity index (χ2v) is 5.56. The van der Waals surface area contributed by atoms with Crippen molar-refractivity contribution in [2.24, 2.45) is 0 Å². The van der Waals surface area contributed by atoms with Crippen LogP contribution in [0.2, 0.25) is 0 Å². The molecule has 0 spiro atoms. The molecule has 72 valence electrons. The lowest BCUT2D eigenvalue weighted by Crippen LogP contribution is -2.01. The smallest absolute Gasteiger partial charge is 0.0784 e. The summed E-state index contributed by atoms with van der Waals surface area (Å²) in [5.74, 6) is 0.451. The monoisotopic (exact) mass is 236 g/mol. The predicted molar refractivity (Wildman–Crippen MR) is 59.8 cm³/mol. The molecule has 0 fully saturated rings. The van der Waals surface area contributed by atoms with Crippen molar-refractivity contribution in [1.82, 2.24) is 0 Å². The second kappa shape index (κ2) is 4.08. The zero-order valence-electron chi connectivity index (χ0n) is 7.52. The van der Waals surface area contributed by atoms with Crippen LogP contribution in [-0.2, 0) is 3.79 Å². The summed E-state index contributed by atoms with van der Waals surface area (Å²) in [7, 11) is 0. The maximum atomic E-state index is 5.77. The number of alkyl halides is 3. The lowest BCUT2D eigenvalue weighted by atomic mass is 10.0. The number of rotatable bonds is 1. The van der Waals surface area contributed by atoms with Crippen molar-refractivity contribution in [3.05, 3.63) is 35.4 Å². The van der Waals surface area contributed by atoms with Gasteiger partial charge in [-0.05, 0) is 11.5 Å². The Hall–Kier alpha value is 0.0900. The molecule has 0 heterocycles. The molecular formula is C10H11Cl3. The zero-order valence-corrected chi connectivity index (χ0v) is 9.79. The SMILES string of the molecule is CC(C)c1cccc(C(Cl)(Cl)Cl)c1. The molecule has 0 aliphatic rings. The molecule has 0 aromatic heterocycles. The van der Waals surface area contributed by atoms with Crippen molar-refractivity contribution in [2.75, 3.05) is 0 Å². The van der Waals surface area contributed by atoms with E-state index in [9.17, 15) is 0 Å². The molecule has 0 radical (unpaired) electrons. The highest BCUT2D eigenvalue weighted by Gasteiger charge is 2.22. The molecule has 3 heteroatoms. The number of halogens is 3. The lowest BCUT2D eigenvalue weighted by molar-refractivity contribution is 0.863. The fraction of sp³-hybridized carbons (Fsp3) is 0.400. The van der Waals surface area contributed by atoms with Crippen LogP contribution < -0.4 is 0 Å². The highest BCUT2D eigenvalue weighted by molar-refractivity contribution is 6.66. The van der Waals surface area contributed by atoms with Crippen molar-refractivity contribution >= 4 is 34.8 Å². The van der Waals surface area contributed by atoms with Gasteiger partial charge in [0.25, 0.3) is 0 Å². The van der Waals surface area contributed by atoms with Crippen LogP contribution in [0.4, 0.5) is 0 Å². The highest BCUT2D eigenvalue weighted by Crippen LogP contribution is 2.38. The summed E-state index contributed by atoms with van der Waals surface area (Å²) >= 11 is 17.3. The summed E-state index contributed by atoms with van der Waals surface area (Å²) in [4.78, 5) is 0. The van der Waals surface area contributed by atoms with Crippen LogP contribution >= 0.6 is 34.8 Å². The molecule has 0 bridgehead atoms. The minimum Gasteiger partial charge on any atom is -0.0784 e. The van der Waals surface area contributed by atoms with E-state index in [2.05, 4.69) is 13.8 Å². The highest BCUT2D eigenvalue weighted by atomic mass is 35.6. The van der Waals surface area contributed by atoms with E-state index in [-0.39, 0.29) is 0 Å². The summed E-state index contributed by atoms with van der Waals surface area (Å²) in [5.41, 5.74) is 1.91. The Morgan fingerprint density at radius 3 is 2.23 bits per heavy atom. The lowest BCUT2D eigenvalue weighted by Gasteiger charge is -2.13. The number of hydrogen-bond acceptors (Lipinski definition) is 0. The molecule has 0 amide bonds. The Balaban J connectivity index is 3.06. The molecule has 13 heavy (non-hydrogen) atoms. The molecule has 0 aliphatic heterocycles. The molecule has 0 atom stereocenters. The maximum Gasteiger partial charge on any atom is 0.216 e. The van der Waals surface area contributed by atoms with Crippen molar-refractivity contribution in [2.45, 2.75) is 23.6 Å². The molecule has 1 aromatic carbocycles. The first kappa shape index (κ1) is 11.2. The van der Waals surface area contributed by atoms with Crippen molar-refractivity contribution in [3.8, 4) is 0 Å². The summed E-state index contributed by atoms with van der Waals surface area (Å²) in [6.45, 7) is 4.22. The quantitative estimate of drug-likeness (QED) is 0.625. The minimum absolute atomic E-state index is 0.451. The summed E-state index contributed by atoms with van der Waals surface area (Å²) in [6, 6.07) is 7.69. The van der Waals surface area contributed by atoms with E-state index >= 15 is 0 Å². The topological polar surface area (TPSA) is 0 Å². The van der Waals surface area contributed by atoms with Gasteiger partial charge >= 0.3 is 0 Å². The normalized spacial score (nSPS) is 12.2. The average Bonchev–Trinajstić information content (AvgIpc) is 2.03. The molecule has 0 saturated carbocycles. The Kier molecular flexibility index (Phi) is 3.50. The van der Waals surface area contributed by atoms with E-state index in [1.54, 1.807) is 0 Å². The van der Waals surface area contributed by atoms with Crippen LogP contribution in [0.3, 0.4) is 0 Å². The molecule has 1 aromatic rings. The van der Waals surface area contributed by atoms with Crippen LogP contribution in [0.1, 0.15) is 30.9 Å². The fourth-order valence-electron chi connectivity index (χ4n) is 1.07. The molecule has 1 rings (SSSR count). The van der Waals surface area contributed by atoms with Gasteiger partial charge < -0.3 is 0 Å². The van der Waals surface area contributed by atoms with Crippen LogP contribution in [0.25, 0.3) is 0 Å². The first-order chi connectivity index (χ1) is 5.91. The van der Waals surface area contributed by atoms with Gasteiger partial charge in [0.1, 0.15) is 0 Å². The predicted octanol–water partition coefficient (Wildman–Crippen LogP) is 4.64. The van der Waals surface area contributed by atoms with Crippen LogP contribution in [0, 0.1) is 0 Å². The third-order valence-corrected chi connectivity index (χ3v) is 2.54.